The summed E-state index contributed by atoms with van der Waals surface area (Å²) in [5.41, 5.74) is 3.63. The highest BCUT2D eigenvalue weighted by Gasteiger charge is 2.31. The number of ketones is 1. The van der Waals surface area contributed by atoms with Crippen molar-refractivity contribution in [3.8, 4) is 16.9 Å². The number of carbonyl (C=O) groups is 2. The lowest BCUT2D eigenvalue weighted by Crippen LogP contribution is -2.40. The highest BCUT2D eigenvalue weighted by molar-refractivity contribution is 6.01. The van der Waals surface area contributed by atoms with Crippen molar-refractivity contribution in [1.29, 1.82) is 0 Å². The summed E-state index contributed by atoms with van der Waals surface area (Å²) in [7, 11) is 0. The third kappa shape index (κ3) is 4.69. The molecular weight excluding hydrogens is 460 g/mol. The molecule has 3 aromatic carbocycles. The van der Waals surface area contributed by atoms with E-state index in [0.717, 1.165) is 35.0 Å². The number of hydrogen-bond acceptors (Lipinski definition) is 3. The number of aryl methyl sites for hydroxylation is 1. The summed E-state index contributed by atoms with van der Waals surface area (Å²) >= 11 is 0. The zero-order valence-corrected chi connectivity index (χ0v) is 19.8. The van der Waals surface area contributed by atoms with E-state index in [-0.39, 0.29) is 11.5 Å². The molecule has 182 valence electrons. The molecule has 0 bridgehead atoms. The predicted molar refractivity (Wildman–Crippen MR) is 133 cm³/mol. The maximum Gasteiger partial charge on any atom is 0.257 e. The van der Waals surface area contributed by atoms with Gasteiger partial charge in [-0.05, 0) is 50.1 Å². The van der Waals surface area contributed by atoms with Gasteiger partial charge in [-0.3, -0.25) is 9.59 Å². The molecule has 0 saturated carbocycles. The van der Waals surface area contributed by atoms with Gasteiger partial charge in [0, 0.05) is 30.8 Å². The molecule has 5 nitrogen and oxygen atoms in total. The van der Waals surface area contributed by atoms with Gasteiger partial charge in [-0.1, -0.05) is 48.0 Å². The maximum atomic E-state index is 14.1. The van der Waals surface area contributed by atoms with Gasteiger partial charge in [-0.25, -0.2) is 13.5 Å². The molecule has 0 unspecified atom stereocenters. The second kappa shape index (κ2) is 9.85. The Balaban J connectivity index is 1.38. The van der Waals surface area contributed by atoms with E-state index in [1.165, 1.54) is 0 Å². The van der Waals surface area contributed by atoms with Crippen LogP contribution in [0.3, 0.4) is 0 Å². The number of aromatic nitrogens is 2. The molecule has 2 heterocycles. The van der Waals surface area contributed by atoms with Crippen molar-refractivity contribution < 1.29 is 18.4 Å². The summed E-state index contributed by atoms with van der Waals surface area (Å²) in [6.45, 7) is 2.69. The molecule has 7 heteroatoms. The number of carbonyl (C=O) groups excluding carboxylic acids is 2. The Morgan fingerprint density at radius 1 is 0.889 bits per heavy atom. The van der Waals surface area contributed by atoms with Crippen LogP contribution >= 0.6 is 0 Å². The average Bonchev–Trinajstić information content (AvgIpc) is 3.36. The van der Waals surface area contributed by atoms with Crippen LogP contribution in [0.2, 0.25) is 0 Å². The fourth-order valence-corrected chi connectivity index (χ4v) is 4.59. The first-order valence-corrected chi connectivity index (χ1v) is 11.9. The third-order valence-electron chi connectivity index (χ3n) is 6.64. The lowest BCUT2D eigenvalue weighted by molar-refractivity contribution is 0.0649. The quantitative estimate of drug-likeness (QED) is 0.333. The number of benzene rings is 3. The molecule has 1 aromatic heterocycles. The number of Topliss-reactive ketones (excluding diaryl/α,β-unsaturated/α-hetero) is 1. The molecular formula is C29H25F2N3O2. The Morgan fingerprint density at radius 3 is 2.28 bits per heavy atom. The Morgan fingerprint density at radius 2 is 1.58 bits per heavy atom. The highest BCUT2D eigenvalue weighted by atomic mass is 19.1. The number of likely N-dealkylation sites (tertiary alicyclic amines) is 1. The van der Waals surface area contributed by atoms with Crippen molar-refractivity contribution in [3.05, 3.63) is 107 Å². The Hall–Kier alpha value is -4.13. The van der Waals surface area contributed by atoms with E-state index in [2.05, 4.69) is 0 Å². The lowest BCUT2D eigenvalue weighted by Gasteiger charge is -2.31. The third-order valence-corrected chi connectivity index (χ3v) is 6.64. The summed E-state index contributed by atoms with van der Waals surface area (Å²) in [6, 6.07) is 20.3. The van der Waals surface area contributed by atoms with Crippen molar-refractivity contribution in [1.82, 2.24) is 14.7 Å². The van der Waals surface area contributed by atoms with Crippen LogP contribution in [-0.4, -0.2) is 39.5 Å². The van der Waals surface area contributed by atoms with Gasteiger partial charge in [0.2, 0.25) is 0 Å². The molecule has 1 aliphatic rings. The van der Waals surface area contributed by atoms with Crippen LogP contribution in [0.25, 0.3) is 16.9 Å². The van der Waals surface area contributed by atoms with Gasteiger partial charge in [0.25, 0.3) is 5.91 Å². The summed E-state index contributed by atoms with van der Waals surface area (Å²) in [4.78, 5) is 28.1. The summed E-state index contributed by atoms with van der Waals surface area (Å²) in [5.74, 6) is -2.43. The van der Waals surface area contributed by atoms with Crippen LogP contribution < -0.4 is 0 Å². The molecule has 36 heavy (non-hydrogen) atoms. The number of halogens is 2. The van der Waals surface area contributed by atoms with Crippen LogP contribution in [0, 0.1) is 24.5 Å². The molecule has 0 aliphatic carbocycles. The smallest absolute Gasteiger partial charge is 0.257 e. The maximum absolute atomic E-state index is 14.1. The Kier molecular flexibility index (Phi) is 6.46. The van der Waals surface area contributed by atoms with Gasteiger partial charge < -0.3 is 4.90 Å². The normalized spacial score (nSPS) is 14.1. The second-order valence-corrected chi connectivity index (χ2v) is 9.09. The topological polar surface area (TPSA) is 55.2 Å². The minimum Gasteiger partial charge on any atom is -0.338 e. The van der Waals surface area contributed by atoms with Crippen molar-refractivity contribution in [2.24, 2.45) is 5.92 Å². The van der Waals surface area contributed by atoms with Gasteiger partial charge in [0.1, 0.15) is 17.3 Å². The van der Waals surface area contributed by atoms with Crippen LogP contribution in [0.1, 0.15) is 39.1 Å². The van der Waals surface area contributed by atoms with Crippen LogP contribution in [-0.2, 0) is 0 Å². The molecule has 4 aromatic rings. The van der Waals surface area contributed by atoms with E-state index in [1.54, 1.807) is 15.8 Å². The Bertz CT molecular complexity index is 1410. The number of amides is 1. The van der Waals surface area contributed by atoms with Crippen molar-refractivity contribution >= 4 is 11.7 Å². The molecule has 1 amide bonds. The number of nitrogens with zero attached hydrogens (tertiary/aromatic N) is 3. The number of hydrogen-bond donors (Lipinski definition) is 0. The van der Waals surface area contributed by atoms with Gasteiger partial charge in [0.15, 0.2) is 5.78 Å². The van der Waals surface area contributed by atoms with E-state index in [9.17, 15) is 18.4 Å². The molecule has 0 radical (unpaired) electrons. The lowest BCUT2D eigenvalue weighted by atomic mass is 9.88. The fourth-order valence-electron chi connectivity index (χ4n) is 4.59. The molecule has 0 spiro atoms. The van der Waals surface area contributed by atoms with Gasteiger partial charge in [-0.2, -0.15) is 5.10 Å². The number of piperidine rings is 1. The predicted octanol–water partition coefficient (Wildman–Crippen LogP) is 5.86. The molecule has 0 atom stereocenters. The first-order chi connectivity index (χ1) is 17.4. The molecule has 1 saturated heterocycles. The first-order valence-electron chi connectivity index (χ1n) is 11.9. The van der Waals surface area contributed by atoms with Gasteiger partial charge >= 0.3 is 0 Å². The number of rotatable bonds is 5. The van der Waals surface area contributed by atoms with E-state index >= 15 is 0 Å². The van der Waals surface area contributed by atoms with Crippen molar-refractivity contribution in [2.75, 3.05) is 13.1 Å². The average molecular weight is 486 g/mol. The van der Waals surface area contributed by atoms with Gasteiger partial charge in [0.05, 0.1) is 16.8 Å². The van der Waals surface area contributed by atoms with E-state index < -0.39 is 23.3 Å². The monoisotopic (exact) mass is 485 g/mol. The molecule has 1 aliphatic heterocycles. The van der Waals surface area contributed by atoms with Crippen LogP contribution in [0.4, 0.5) is 8.78 Å². The summed E-state index contributed by atoms with van der Waals surface area (Å²) < 4.78 is 29.4. The fraction of sp³-hybridized carbons (Fsp3) is 0.207. The summed E-state index contributed by atoms with van der Waals surface area (Å²) in [6.07, 6.45) is 2.51. The standard InChI is InChI=1S/C29H25F2N3O2/c1-19-7-10-23(11-8-19)34-18-25(27(32-34)20-5-3-2-4-6-20)29(36)33-15-13-21(14-16-33)28(35)24-17-22(30)9-12-26(24)31/h2-12,17-18,21H,13-16H2,1H3. The molecule has 1 fully saturated rings. The van der Waals surface area contributed by atoms with Crippen LogP contribution in [0.5, 0.6) is 0 Å². The van der Waals surface area contributed by atoms with E-state index in [0.29, 0.717) is 37.2 Å². The van der Waals surface area contributed by atoms with E-state index in [4.69, 9.17) is 5.10 Å². The molecule has 5 rings (SSSR count). The van der Waals surface area contributed by atoms with Crippen molar-refractivity contribution in [2.45, 2.75) is 19.8 Å². The van der Waals surface area contributed by atoms with Crippen molar-refractivity contribution in [3.63, 3.8) is 0 Å². The highest BCUT2D eigenvalue weighted by Crippen LogP contribution is 2.28. The SMILES string of the molecule is Cc1ccc(-n2cc(C(=O)N3CCC(C(=O)c4cc(F)ccc4F)CC3)c(-c3ccccc3)n2)cc1. The van der Waals surface area contributed by atoms with Crippen LogP contribution in [0.15, 0.2) is 79.0 Å². The minimum absolute atomic E-state index is 0.171. The minimum atomic E-state index is -0.726. The Labute approximate surface area is 208 Å². The summed E-state index contributed by atoms with van der Waals surface area (Å²) in [5, 5.41) is 4.73. The largest absolute Gasteiger partial charge is 0.338 e. The van der Waals surface area contributed by atoms with E-state index in [1.807, 2.05) is 61.5 Å². The molecule has 0 N–H and O–H groups in total. The first kappa shape index (κ1) is 23.6. The second-order valence-electron chi connectivity index (χ2n) is 9.09. The zero-order chi connectivity index (χ0) is 25.2. The van der Waals surface area contributed by atoms with Gasteiger partial charge in [-0.15, -0.1) is 0 Å². The zero-order valence-electron chi connectivity index (χ0n) is 19.8.